The molecule has 1 aromatic rings. The van der Waals surface area contributed by atoms with Gasteiger partial charge in [-0.1, -0.05) is 13.0 Å². The van der Waals surface area contributed by atoms with Crippen molar-refractivity contribution in [2.24, 2.45) is 0 Å². The molecule has 1 aliphatic rings. The second-order valence-corrected chi connectivity index (χ2v) is 5.16. The largest absolute Gasteiger partial charge is 0.313 e. The molecule has 0 aromatic carbocycles. The molecule has 0 bridgehead atoms. The number of likely N-dealkylation sites (tertiary alicyclic amines) is 1. The maximum Gasteiger partial charge on any atom is 0.0416 e. The van der Waals surface area contributed by atoms with Crippen molar-refractivity contribution >= 4 is 0 Å². The molecule has 1 aliphatic heterocycles. The zero-order valence-corrected chi connectivity index (χ0v) is 11.4. The molecule has 2 rings (SSSR count). The van der Waals surface area contributed by atoms with Gasteiger partial charge in [-0.15, -0.1) is 0 Å². The highest BCUT2D eigenvalue weighted by atomic mass is 15.2. The van der Waals surface area contributed by atoms with Crippen molar-refractivity contribution in [3.8, 4) is 0 Å². The lowest BCUT2D eigenvalue weighted by Gasteiger charge is -2.33. The lowest BCUT2D eigenvalue weighted by molar-refractivity contribution is 0.192. The predicted octanol–water partition coefficient (Wildman–Crippen LogP) is 2.09. The third-order valence-electron chi connectivity index (χ3n) is 3.60. The van der Waals surface area contributed by atoms with Crippen LogP contribution in [0.3, 0.4) is 0 Å². The van der Waals surface area contributed by atoms with E-state index in [4.69, 9.17) is 0 Å². The minimum atomic E-state index is 0.697. The second kappa shape index (κ2) is 7.49. The Balaban J connectivity index is 1.72. The summed E-state index contributed by atoms with van der Waals surface area (Å²) in [7, 11) is 0. The molecule has 1 N–H and O–H groups in total. The third-order valence-corrected chi connectivity index (χ3v) is 3.60. The van der Waals surface area contributed by atoms with E-state index in [-0.39, 0.29) is 0 Å². The van der Waals surface area contributed by atoms with Crippen LogP contribution in [0.4, 0.5) is 0 Å². The van der Waals surface area contributed by atoms with Gasteiger partial charge in [0.15, 0.2) is 0 Å². The van der Waals surface area contributed by atoms with E-state index in [9.17, 15) is 0 Å². The summed E-state index contributed by atoms with van der Waals surface area (Å²) < 4.78 is 0. The summed E-state index contributed by atoms with van der Waals surface area (Å²) in [6.45, 7) is 6.97. The van der Waals surface area contributed by atoms with Gasteiger partial charge in [-0.2, -0.15) is 0 Å². The monoisotopic (exact) mass is 247 g/mol. The summed E-state index contributed by atoms with van der Waals surface area (Å²) >= 11 is 0. The number of hydrogen-bond donors (Lipinski definition) is 1. The Bertz CT molecular complexity index is 326. The van der Waals surface area contributed by atoms with Crippen LogP contribution in [0, 0.1) is 0 Å². The Morgan fingerprint density at radius 3 is 3.17 bits per heavy atom. The number of piperidine rings is 1. The first-order chi connectivity index (χ1) is 8.88. The zero-order chi connectivity index (χ0) is 12.6. The fraction of sp³-hybridized carbons (Fsp3) is 0.667. The van der Waals surface area contributed by atoms with Crippen LogP contribution in [0.2, 0.25) is 0 Å². The standard InChI is InChI=1S/C15H25N3/c1-2-9-16-15-7-5-11-18(13-15)12-8-14-6-3-4-10-17-14/h3-4,6,10,15-16H,2,5,7-9,11-13H2,1H3. The van der Waals surface area contributed by atoms with Crippen molar-refractivity contribution in [2.45, 2.75) is 38.6 Å². The minimum Gasteiger partial charge on any atom is -0.313 e. The smallest absolute Gasteiger partial charge is 0.0416 e. The van der Waals surface area contributed by atoms with Gasteiger partial charge in [-0.05, 0) is 44.5 Å². The molecule has 1 atom stereocenters. The average Bonchev–Trinajstić information content (AvgIpc) is 2.44. The van der Waals surface area contributed by atoms with Gasteiger partial charge in [-0.3, -0.25) is 4.98 Å². The van der Waals surface area contributed by atoms with Gasteiger partial charge in [0.25, 0.3) is 0 Å². The Kier molecular flexibility index (Phi) is 5.62. The zero-order valence-electron chi connectivity index (χ0n) is 11.4. The van der Waals surface area contributed by atoms with Gasteiger partial charge in [0.2, 0.25) is 0 Å². The van der Waals surface area contributed by atoms with E-state index in [2.05, 4.69) is 34.3 Å². The maximum absolute atomic E-state index is 4.39. The van der Waals surface area contributed by atoms with Crippen LogP contribution >= 0.6 is 0 Å². The molecule has 0 saturated carbocycles. The van der Waals surface area contributed by atoms with Crippen LogP contribution in [0.1, 0.15) is 31.9 Å². The maximum atomic E-state index is 4.39. The van der Waals surface area contributed by atoms with Crippen LogP contribution in [0.25, 0.3) is 0 Å². The molecule has 0 radical (unpaired) electrons. The molecule has 1 saturated heterocycles. The molecular formula is C15H25N3. The summed E-state index contributed by atoms with van der Waals surface area (Å²) in [5.74, 6) is 0. The van der Waals surface area contributed by atoms with Gasteiger partial charge < -0.3 is 10.2 Å². The summed E-state index contributed by atoms with van der Waals surface area (Å²) in [5, 5.41) is 3.64. The van der Waals surface area contributed by atoms with Crippen molar-refractivity contribution in [1.82, 2.24) is 15.2 Å². The van der Waals surface area contributed by atoms with Gasteiger partial charge >= 0.3 is 0 Å². The molecule has 0 spiro atoms. The molecule has 0 aliphatic carbocycles. The van der Waals surface area contributed by atoms with Crippen molar-refractivity contribution in [3.05, 3.63) is 30.1 Å². The minimum absolute atomic E-state index is 0.697. The van der Waals surface area contributed by atoms with Gasteiger partial charge in [0.05, 0.1) is 0 Å². The molecule has 2 heterocycles. The molecular weight excluding hydrogens is 222 g/mol. The van der Waals surface area contributed by atoms with E-state index in [1.54, 1.807) is 0 Å². The Morgan fingerprint density at radius 1 is 1.44 bits per heavy atom. The van der Waals surface area contributed by atoms with Crippen LogP contribution in [0.15, 0.2) is 24.4 Å². The molecule has 0 amide bonds. The quantitative estimate of drug-likeness (QED) is 0.834. The van der Waals surface area contributed by atoms with E-state index in [1.165, 1.54) is 38.0 Å². The molecule has 3 nitrogen and oxygen atoms in total. The average molecular weight is 247 g/mol. The number of nitrogens with one attached hydrogen (secondary N) is 1. The Labute approximate surface area is 111 Å². The molecule has 1 unspecified atom stereocenters. The summed E-state index contributed by atoms with van der Waals surface area (Å²) in [5.41, 5.74) is 1.21. The Hall–Kier alpha value is -0.930. The Morgan fingerprint density at radius 2 is 2.39 bits per heavy atom. The molecule has 3 heteroatoms. The number of hydrogen-bond acceptors (Lipinski definition) is 3. The van der Waals surface area contributed by atoms with Crippen molar-refractivity contribution in [2.75, 3.05) is 26.2 Å². The van der Waals surface area contributed by atoms with E-state index in [0.717, 1.165) is 19.5 Å². The van der Waals surface area contributed by atoms with Crippen molar-refractivity contribution in [3.63, 3.8) is 0 Å². The second-order valence-electron chi connectivity index (χ2n) is 5.16. The van der Waals surface area contributed by atoms with E-state index in [1.807, 2.05) is 12.3 Å². The highest BCUT2D eigenvalue weighted by Crippen LogP contribution is 2.10. The summed E-state index contributed by atoms with van der Waals surface area (Å²) in [4.78, 5) is 6.96. The van der Waals surface area contributed by atoms with Crippen LogP contribution in [0.5, 0.6) is 0 Å². The summed E-state index contributed by atoms with van der Waals surface area (Å²) in [6.07, 6.45) is 6.84. The first kappa shape index (κ1) is 13.5. The van der Waals surface area contributed by atoms with Crippen molar-refractivity contribution in [1.29, 1.82) is 0 Å². The molecule has 18 heavy (non-hydrogen) atoms. The van der Waals surface area contributed by atoms with Crippen molar-refractivity contribution < 1.29 is 0 Å². The topological polar surface area (TPSA) is 28.2 Å². The van der Waals surface area contributed by atoms with Crippen LogP contribution in [-0.4, -0.2) is 42.1 Å². The van der Waals surface area contributed by atoms with Gasteiger partial charge in [-0.25, -0.2) is 0 Å². The number of rotatable bonds is 6. The number of pyridine rings is 1. The molecule has 1 fully saturated rings. The lowest BCUT2D eigenvalue weighted by atomic mass is 10.1. The van der Waals surface area contributed by atoms with Gasteiger partial charge in [0, 0.05) is 37.4 Å². The lowest BCUT2D eigenvalue weighted by Crippen LogP contribution is -2.46. The number of nitrogens with zero attached hydrogens (tertiary/aromatic N) is 2. The normalized spacial score (nSPS) is 21.1. The summed E-state index contributed by atoms with van der Waals surface area (Å²) in [6, 6.07) is 6.87. The first-order valence-corrected chi connectivity index (χ1v) is 7.24. The van der Waals surface area contributed by atoms with Crippen LogP contribution in [-0.2, 0) is 6.42 Å². The van der Waals surface area contributed by atoms with Gasteiger partial charge in [0.1, 0.15) is 0 Å². The van der Waals surface area contributed by atoms with E-state index >= 15 is 0 Å². The van der Waals surface area contributed by atoms with E-state index in [0.29, 0.717) is 6.04 Å². The fourth-order valence-electron chi connectivity index (χ4n) is 2.59. The molecule has 1 aromatic heterocycles. The fourth-order valence-corrected chi connectivity index (χ4v) is 2.59. The molecule has 100 valence electrons. The number of aromatic nitrogens is 1. The highest BCUT2D eigenvalue weighted by Gasteiger charge is 2.18. The third kappa shape index (κ3) is 4.39. The highest BCUT2D eigenvalue weighted by molar-refractivity contribution is 5.03. The SMILES string of the molecule is CCCNC1CCCN(CCc2ccccn2)C1. The van der Waals surface area contributed by atoms with E-state index < -0.39 is 0 Å². The van der Waals surface area contributed by atoms with Crippen LogP contribution < -0.4 is 5.32 Å². The predicted molar refractivity (Wildman–Crippen MR) is 75.7 cm³/mol. The first-order valence-electron chi connectivity index (χ1n) is 7.24.